The fraction of sp³-hybridized carbons (Fsp3) is 0. The molecule has 0 bridgehead atoms. The lowest BCUT2D eigenvalue weighted by molar-refractivity contribution is 0.631. The molecule has 0 aliphatic rings. The highest BCUT2D eigenvalue weighted by Gasteiger charge is 2.12. The maximum absolute atomic E-state index is 13.9. The van der Waals surface area contributed by atoms with Crippen molar-refractivity contribution < 1.29 is 4.39 Å². The molecular weight excluding hydrogens is 286 g/mol. The van der Waals surface area contributed by atoms with E-state index in [9.17, 15) is 4.39 Å². The first-order chi connectivity index (χ1) is 9.15. The van der Waals surface area contributed by atoms with Crippen LogP contribution in [0.25, 0.3) is 22.2 Å². The van der Waals surface area contributed by atoms with Gasteiger partial charge in [0.1, 0.15) is 11.0 Å². The Bertz CT molecular complexity index is 774. The lowest BCUT2D eigenvalue weighted by Crippen LogP contribution is -1.90. The number of aromatic nitrogens is 2. The number of halogens is 3. The minimum atomic E-state index is -0.431. The zero-order valence-electron chi connectivity index (χ0n) is 9.57. The highest BCUT2D eigenvalue weighted by Crippen LogP contribution is 2.32. The van der Waals surface area contributed by atoms with Gasteiger partial charge in [-0.2, -0.15) is 0 Å². The second kappa shape index (κ2) is 4.76. The van der Waals surface area contributed by atoms with E-state index < -0.39 is 5.82 Å². The topological polar surface area (TPSA) is 25.8 Å². The van der Waals surface area contributed by atoms with E-state index in [0.717, 1.165) is 5.39 Å². The van der Waals surface area contributed by atoms with E-state index in [4.69, 9.17) is 23.2 Å². The minimum absolute atomic E-state index is 0.215. The number of benzene rings is 1. The van der Waals surface area contributed by atoms with Crippen molar-refractivity contribution in [2.45, 2.75) is 0 Å². The summed E-state index contributed by atoms with van der Waals surface area (Å²) in [6.07, 6.45) is 1.63. The van der Waals surface area contributed by atoms with Crippen LogP contribution < -0.4 is 0 Å². The Kier molecular flexibility index (Phi) is 3.09. The summed E-state index contributed by atoms with van der Waals surface area (Å²) in [5.41, 5.74) is 1.43. The van der Waals surface area contributed by atoms with Crippen molar-refractivity contribution in [2.24, 2.45) is 0 Å². The Hall–Kier alpha value is -1.71. The van der Waals surface area contributed by atoms with Crippen molar-refractivity contribution in [2.75, 3.05) is 0 Å². The van der Waals surface area contributed by atoms with Crippen LogP contribution in [0, 0.1) is 5.82 Å². The predicted molar refractivity (Wildman–Crippen MR) is 75.0 cm³/mol. The largest absolute Gasteiger partial charge is 0.237 e. The molecule has 2 nitrogen and oxygen atoms in total. The molecule has 0 spiro atoms. The lowest BCUT2D eigenvalue weighted by Gasteiger charge is -2.07. The molecule has 1 aromatic carbocycles. The molecule has 19 heavy (non-hydrogen) atoms. The number of hydrogen-bond donors (Lipinski definition) is 0. The van der Waals surface area contributed by atoms with E-state index in [2.05, 4.69) is 9.97 Å². The Labute approximate surface area is 118 Å². The smallest absolute Gasteiger partial charge is 0.160 e. The number of hydrogen-bond acceptors (Lipinski definition) is 2. The van der Waals surface area contributed by atoms with Crippen LogP contribution in [0.1, 0.15) is 0 Å². The summed E-state index contributed by atoms with van der Waals surface area (Å²) in [6.45, 7) is 0. The van der Waals surface area contributed by atoms with Gasteiger partial charge in [0.05, 0.1) is 0 Å². The molecule has 0 radical (unpaired) electrons. The van der Waals surface area contributed by atoms with Crippen LogP contribution in [0.4, 0.5) is 4.39 Å². The summed E-state index contributed by atoms with van der Waals surface area (Å²) in [6, 6.07) is 9.86. The Morgan fingerprint density at radius 2 is 1.84 bits per heavy atom. The van der Waals surface area contributed by atoms with Crippen molar-refractivity contribution >= 4 is 34.2 Å². The molecule has 0 aliphatic heterocycles. The molecule has 5 heteroatoms. The van der Waals surface area contributed by atoms with Gasteiger partial charge in [-0.3, -0.25) is 0 Å². The SMILES string of the molecule is Fc1cc(Cl)ccc1-c1cc2cccnc2nc1Cl. The van der Waals surface area contributed by atoms with Gasteiger partial charge >= 0.3 is 0 Å². The van der Waals surface area contributed by atoms with Crippen molar-refractivity contribution in [3.05, 3.63) is 58.6 Å². The van der Waals surface area contributed by atoms with Gasteiger partial charge in [0.15, 0.2) is 5.65 Å². The third-order valence-electron chi connectivity index (χ3n) is 2.76. The first kappa shape index (κ1) is 12.3. The lowest BCUT2D eigenvalue weighted by atomic mass is 10.1. The zero-order chi connectivity index (χ0) is 13.4. The molecule has 0 fully saturated rings. The molecule has 0 saturated heterocycles. The highest BCUT2D eigenvalue weighted by molar-refractivity contribution is 6.33. The van der Waals surface area contributed by atoms with E-state index in [1.807, 2.05) is 6.07 Å². The molecule has 2 heterocycles. The van der Waals surface area contributed by atoms with Gasteiger partial charge in [-0.05, 0) is 36.4 Å². The maximum Gasteiger partial charge on any atom is 0.160 e. The maximum atomic E-state index is 13.9. The van der Waals surface area contributed by atoms with Gasteiger partial charge in [-0.25, -0.2) is 14.4 Å². The van der Waals surface area contributed by atoms with Gasteiger partial charge in [0.25, 0.3) is 0 Å². The second-order valence-corrected chi connectivity index (χ2v) is 4.80. The molecular formula is C14H7Cl2FN2. The highest BCUT2D eigenvalue weighted by atomic mass is 35.5. The summed E-state index contributed by atoms with van der Waals surface area (Å²) in [5.74, 6) is -0.431. The number of fused-ring (bicyclic) bond motifs is 1. The van der Waals surface area contributed by atoms with E-state index >= 15 is 0 Å². The minimum Gasteiger partial charge on any atom is -0.237 e. The number of nitrogens with zero attached hydrogens (tertiary/aromatic N) is 2. The quantitative estimate of drug-likeness (QED) is 0.605. The summed E-state index contributed by atoms with van der Waals surface area (Å²) >= 11 is 11.8. The molecule has 3 rings (SSSR count). The van der Waals surface area contributed by atoms with E-state index in [1.54, 1.807) is 30.5 Å². The van der Waals surface area contributed by atoms with Crippen LogP contribution in [0.3, 0.4) is 0 Å². The molecule has 0 aliphatic carbocycles. The molecule has 0 atom stereocenters. The molecule has 0 unspecified atom stereocenters. The molecule has 94 valence electrons. The van der Waals surface area contributed by atoms with Crippen molar-refractivity contribution in [1.29, 1.82) is 0 Å². The van der Waals surface area contributed by atoms with Gasteiger partial charge < -0.3 is 0 Å². The average Bonchev–Trinajstić information content (AvgIpc) is 2.38. The first-order valence-corrected chi connectivity index (χ1v) is 6.27. The van der Waals surface area contributed by atoms with Crippen LogP contribution in [0.5, 0.6) is 0 Å². The first-order valence-electron chi connectivity index (χ1n) is 5.52. The van der Waals surface area contributed by atoms with Crippen LogP contribution in [-0.4, -0.2) is 9.97 Å². The standard InChI is InChI=1S/C14H7Cl2FN2/c15-9-3-4-10(12(17)7-9)11-6-8-2-1-5-18-14(8)19-13(11)16/h1-7H. The zero-order valence-corrected chi connectivity index (χ0v) is 11.1. The predicted octanol–water partition coefficient (Wildman–Crippen LogP) is 4.74. The van der Waals surface area contributed by atoms with Crippen molar-refractivity contribution in [1.82, 2.24) is 9.97 Å². The van der Waals surface area contributed by atoms with Crippen LogP contribution in [-0.2, 0) is 0 Å². The Morgan fingerprint density at radius 1 is 1.00 bits per heavy atom. The Balaban J connectivity index is 2.27. The van der Waals surface area contributed by atoms with Crippen LogP contribution in [0.2, 0.25) is 10.2 Å². The van der Waals surface area contributed by atoms with Crippen molar-refractivity contribution in [3.8, 4) is 11.1 Å². The summed E-state index contributed by atoms with van der Waals surface area (Å²) in [7, 11) is 0. The normalized spacial score (nSPS) is 10.9. The van der Waals surface area contributed by atoms with Gasteiger partial charge in [-0.1, -0.05) is 23.2 Å². The summed E-state index contributed by atoms with van der Waals surface area (Å²) < 4.78 is 13.9. The second-order valence-electron chi connectivity index (χ2n) is 4.00. The molecule has 0 saturated carbocycles. The van der Waals surface area contributed by atoms with Crippen LogP contribution >= 0.6 is 23.2 Å². The van der Waals surface area contributed by atoms with E-state index in [1.165, 1.54) is 6.07 Å². The third-order valence-corrected chi connectivity index (χ3v) is 3.29. The average molecular weight is 293 g/mol. The molecule has 2 aromatic heterocycles. The van der Waals surface area contributed by atoms with Crippen LogP contribution in [0.15, 0.2) is 42.6 Å². The Morgan fingerprint density at radius 3 is 2.63 bits per heavy atom. The van der Waals surface area contributed by atoms with E-state index in [-0.39, 0.29) is 5.15 Å². The van der Waals surface area contributed by atoms with Crippen molar-refractivity contribution in [3.63, 3.8) is 0 Å². The number of rotatable bonds is 1. The molecule has 0 amide bonds. The summed E-state index contributed by atoms with van der Waals surface area (Å²) in [4.78, 5) is 8.27. The fourth-order valence-corrected chi connectivity index (χ4v) is 2.28. The number of pyridine rings is 2. The van der Waals surface area contributed by atoms with E-state index in [0.29, 0.717) is 21.8 Å². The fourth-order valence-electron chi connectivity index (χ4n) is 1.88. The van der Waals surface area contributed by atoms with Gasteiger partial charge in [-0.15, -0.1) is 0 Å². The third kappa shape index (κ3) is 2.27. The van der Waals surface area contributed by atoms with Gasteiger partial charge in [0, 0.05) is 27.7 Å². The molecule has 0 N–H and O–H groups in total. The van der Waals surface area contributed by atoms with Gasteiger partial charge in [0.2, 0.25) is 0 Å². The summed E-state index contributed by atoms with van der Waals surface area (Å²) in [5, 5.41) is 1.36. The molecule has 3 aromatic rings. The monoisotopic (exact) mass is 292 g/mol.